The first kappa shape index (κ1) is 22.6. The second-order valence-electron chi connectivity index (χ2n) is 8.46. The molecular formula is C25H28ClN3O3. The van der Waals surface area contributed by atoms with Gasteiger partial charge >= 0.3 is 0 Å². The van der Waals surface area contributed by atoms with Crippen molar-refractivity contribution in [2.75, 3.05) is 31.1 Å². The van der Waals surface area contributed by atoms with Crippen LogP contribution in [0, 0.1) is 0 Å². The zero-order chi connectivity index (χ0) is 22.7. The van der Waals surface area contributed by atoms with Crippen LogP contribution in [-0.4, -0.2) is 51.4 Å². The molecule has 2 heterocycles. The van der Waals surface area contributed by atoms with Gasteiger partial charge in [0.1, 0.15) is 11.4 Å². The maximum Gasteiger partial charge on any atom is 0.117 e. The molecule has 0 spiro atoms. The average Bonchev–Trinajstić information content (AvgIpc) is 2.80. The quantitative estimate of drug-likeness (QED) is 0.528. The third-order valence-electron chi connectivity index (χ3n) is 6.03. The zero-order valence-corrected chi connectivity index (χ0v) is 18.8. The fourth-order valence-corrected chi connectivity index (χ4v) is 4.61. The number of aromatic hydroxyl groups is 1. The monoisotopic (exact) mass is 453 g/mol. The van der Waals surface area contributed by atoms with Crippen LogP contribution < -0.4 is 4.90 Å². The van der Waals surface area contributed by atoms with Crippen molar-refractivity contribution in [3.05, 3.63) is 88.7 Å². The first-order valence-electron chi connectivity index (χ1n) is 10.7. The van der Waals surface area contributed by atoms with E-state index in [9.17, 15) is 15.3 Å². The third kappa shape index (κ3) is 4.89. The number of pyridine rings is 1. The van der Waals surface area contributed by atoms with Crippen molar-refractivity contribution < 1.29 is 15.3 Å². The summed E-state index contributed by atoms with van der Waals surface area (Å²) >= 11 is 6.48. The van der Waals surface area contributed by atoms with E-state index in [0.717, 1.165) is 29.9 Å². The van der Waals surface area contributed by atoms with Crippen molar-refractivity contribution in [3.63, 3.8) is 0 Å². The first-order chi connectivity index (χ1) is 15.4. The lowest BCUT2D eigenvalue weighted by molar-refractivity contribution is 0.00997. The summed E-state index contributed by atoms with van der Waals surface area (Å²) in [6.07, 6.45) is 1.63. The number of aromatic nitrogens is 1. The summed E-state index contributed by atoms with van der Waals surface area (Å²) in [6.45, 7) is 4.31. The van der Waals surface area contributed by atoms with Gasteiger partial charge in [0.2, 0.25) is 0 Å². The van der Waals surface area contributed by atoms with Gasteiger partial charge in [-0.15, -0.1) is 0 Å². The van der Waals surface area contributed by atoms with Crippen molar-refractivity contribution in [2.24, 2.45) is 0 Å². The van der Waals surface area contributed by atoms with Gasteiger partial charge in [-0.3, -0.25) is 9.88 Å². The van der Waals surface area contributed by atoms with Gasteiger partial charge in [0.15, 0.2) is 0 Å². The van der Waals surface area contributed by atoms with E-state index in [1.807, 2.05) is 30.3 Å². The summed E-state index contributed by atoms with van der Waals surface area (Å²) in [5, 5.41) is 30.7. The molecule has 1 fully saturated rings. The molecular weight excluding hydrogens is 426 g/mol. The van der Waals surface area contributed by atoms with Crippen LogP contribution in [0.5, 0.6) is 5.75 Å². The van der Waals surface area contributed by atoms with E-state index < -0.39 is 5.60 Å². The summed E-state index contributed by atoms with van der Waals surface area (Å²) in [4.78, 5) is 8.73. The normalized spacial score (nSPS) is 19.0. The van der Waals surface area contributed by atoms with E-state index in [-0.39, 0.29) is 18.4 Å². The molecule has 1 aliphatic heterocycles. The predicted octanol–water partition coefficient (Wildman–Crippen LogP) is 3.70. The van der Waals surface area contributed by atoms with Crippen LogP contribution in [0.1, 0.15) is 29.8 Å². The molecule has 3 aromatic rings. The van der Waals surface area contributed by atoms with E-state index in [1.165, 1.54) is 0 Å². The van der Waals surface area contributed by atoms with Crippen molar-refractivity contribution in [2.45, 2.75) is 25.2 Å². The average molecular weight is 454 g/mol. The largest absolute Gasteiger partial charge is 0.508 e. The van der Waals surface area contributed by atoms with Crippen molar-refractivity contribution in [1.29, 1.82) is 0 Å². The van der Waals surface area contributed by atoms with Gasteiger partial charge in [0.05, 0.1) is 29.1 Å². The molecule has 1 aromatic heterocycles. The van der Waals surface area contributed by atoms with Crippen LogP contribution in [0.2, 0.25) is 5.02 Å². The molecule has 6 nitrogen and oxygen atoms in total. The molecule has 1 unspecified atom stereocenters. The smallest absolute Gasteiger partial charge is 0.117 e. The summed E-state index contributed by atoms with van der Waals surface area (Å²) < 4.78 is 0. The summed E-state index contributed by atoms with van der Waals surface area (Å²) in [5.41, 5.74) is 2.26. The maximum atomic E-state index is 11.2. The number of benzene rings is 2. The number of hydrogen-bond acceptors (Lipinski definition) is 6. The summed E-state index contributed by atoms with van der Waals surface area (Å²) in [7, 11) is 0. The molecule has 0 radical (unpaired) electrons. The Morgan fingerprint density at radius 2 is 1.88 bits per heavy atom. The molecule has 32 heavy (non-hydrogen) atoms. The standard InChI is InChI=1S/C25H28ClN3O3/c1-25(32,19-7-8-20(16-30)27-14-19)17-28-11-12-29(23-10-9-21(31)13-22(23)26)24(15-28)18-5-3-2-4-6-18/h2-10,13-14,24,30-32H,11-12,15-17H2,1H3/t24?,25-/m1/s1. The van der Waals surface area contributed by atoms with Crippen LogP contribution in [0.25, 0.3) is 0 Å². The number of phenols is 1. The van der Waals surface area contributed by atoms with Gasteiger partial charge in [0, 0.05) is 44.0 Å². The molecule has 1 aliphatic rings. The Morgan fingerprint density at radius 3 is 2.53 bits per heavy atom. The minimum Gasteiger partial charge on any atom is -0.508 e. The minimum absolute atomic E-state index is 0.0395. The lowest BCUT2D eigenvalue weighted by Gasteiger charge is -2.45. The highest BCUT2D eigenvalue weighted by Gasteiger charge is 2.34. The van der Waals surface area contributed by atoms with Crippen LogP contribution in [-0.2, 0) is 12.2 Å². The van der Waals surface area contributed by atoms with Gasteiger partial charge in [-0.2, -0.15) is 0 Å². The number of β-amino-alcohol motifs (C(OH)–C–C–N with tert-alkyl or cyclic N) is 1. The highest BCUT2D eigenvalue weighted by molar-refractivity contribution is 6.33. The van der Waals surface area contributed by atoms with Crippen molar-refractivity contribution >= 4 is 17.3 Å². The van der Waals surface area contributed by atoms with Crippen molar-refractivity contribution in [1.82, 2.24) is 9.88 Å². The number of nitrogens with zero attached hydrogens (tertiary/aromatic N) is 3. The minimum atomic E-state index is -1.08. The van der Waals surface area contributed by atoms with Crippen LogP contribution in [0.3, 0.4) is 0 Å². The lowest BCUT2D eigenvalue weighted by Crippen LogP contribution is -2.52. The lowest BCUT2D eigenvalue weighted by atomic mass is 9.95. The Bertz CT molecular complexity index is 1040. The molecule has 0 aliphatic carbocycles. The number of piperazine rings is 1. The number of aliphatic hydroxyl groups is 2. The number of rotatable bonds is 6. The van der Waals surface area contributed by atoms with Gasteiger partial charge < -0.3 is 20.2 Å². The topological polar surface area (TPSA) is 80.1 Å². The fourth-order valence-electron chi connectivity index (χ4n) is 4.32. The van der Waals surface area contributed by atoms with E-state index in [4.69, 9.17) is 11.6 Å². The molecule has 0 saturated carbocycles. The molecule has 2 atom stereocenters. The molecule has 7 heteroatoms. The van der Waals surface area contributed by atoms with E-state index in [0.29, 0.717) is 23.8 Å². The Hall–Kier alpha value is -2.64. The van der Waals surface area contributed by atoms with Gasteiger partial charge in [0.25, 0.3) is 0 Å². The molecule has 4 rings (SSSR count). The predicted molar refractivity (Wildman–Crippen MR) is 126 cm³/mol. The molecule has 168 valence electrons. The molecule has 0 bridgehead atoms. The second-order valence-corrected chi connectivity index (χ2v) is 8.87. The summed E-state index contributed by atoms with van der Waals surface area (Å²) in [6, 6.07) is 18.9. The zero-order valence-electron chi connectivity index (χ0n) is 18.0. The van der Waals surface area contributed by atoms with Crippen LogP contribution in [0.15, 0.2) is 66.9 Å². The van der Waals surface area contributed by atoms with Crippen LogP contribution in [0.4, 0.5) is 5.69 Å². The number of aliphatic hydroxyl groups excluding tert-OH is 1. The maximum absolute atomic E-state index is 11.2. The highest BCUT2D eigenvalue weighted by Crippen LogP contribution is 2.37. The number of halogens is 1. The fraction of sp³-hybridized carbons (Fsp3) is 0.320. The Kier molecular flexibility index (Phi) is 6.67. The Balaban J connectivity index is 1.58. The molecule has 1 saturated heterocycles. The number of phenolic OH excluding ortho intramolecular Hbond substituents is 1. The molecule has 3 N–H and O–H groups in total. The first-order valence-corrected chi connectivity index (χ1v) is 11.1. The molecule has 2 aromatic carbocycles. The van der Waals surface area contributed by atoms with E-state index in [2.05, 4.69) is 26.9 Å². The van der Waals surface area contributed by atoms with Gasteiger partial charge in [-0.25, -0.2) is 0 Å². The number of hydrogen-bond donors (Lipinski definition) is 3. The molecule has 0 amide bonds. The SMILES string of the molecule is C[C@@](O)(CN1CCN(c2ccc(O)cc2Cl)C(c2ccccc2)C1)c1ccc(CO)nc1. The second kappa shape index (κ2) is 9.46. The van der Waals surface area contributed by atoms with E-state index in [1.54, 1.807) is 31.3 Å². The third-order valence-corrected chi connectivity index (χ3v) is 6.33. The van der Waals surface area contributed by atoms with Gasteiger partial charge in [-0.05, 0) is 30.7 Å². The van der Waals surface area contributed by atoms with Crippen LogP contribution >= 0.6 is 11.6 Å². The van der Waals surface area contributed by atoms with Gasteiger partial charge in [-0.1, -0.05) is 48.0 Å². The number of anilines is 1. The van der Waals surface area contributed by atoms with Crippen molar-refractivity contribution in [3.8, 4) is 5.75 Å². The highest BCUT2D eigenvalue weighted by atomic mass is 35.5. The summed E-state index contributed by atoms with van der Waals surface area (Å²) in [5.74, 6) is 0.144. The Labute approximate surface area is 193 Å². The Morgan fingerprint density at radius 1 is 1.09 bits per heavy atom. The van der Waals surface area contributed by atoms with E-state index >= 15 is 0 Å².